The van der Waals surface area contributed by atoms with E-state index in [4.69, 9.17) is 0 Å². The molecule has 1 aliphatic carbocycles. The smallest absolute Gasteiger partial charge is 0.268 e. The van der Waals surface area contributed by atoms with Crippen LogP contribution in [0.5, 0.6) is 0 Å². The number of carbonyl (C=O) groups excluding carboxylic acids is 2. The zero-order chi connectivity index (χ0) is 16.2. The number of amides is 2. The van der Waals surface area contributed by atoms with Crippen LogP contribution in [0.2, 0.25) is 0 Å². The quantitative estimate of drug-likeness (QED) is 0.830. The second kappa shape index (κ2) is 6.79. The lowest BCUT2D eigenvalue weighted by Crippen LogP contribution is -2.35. The third-order valence-electron chi connectivity index (χ3n) is 3.55. The van der Waals surface area contributed by atoms with Gasteiger partial charge in [-0.3, -0.25) is 9.59 Å². The summed E-state index contributed by atoms with van der Waals surface area (Å²) in [7, 11) is 0. The summed E-state index contributed by atoms with van der Waals surface area (Å²) in [4.78, 5) is 25.6. The third kappa shape index (κ3) is 4.29. The summed E-state index contributed by atoms with van der Waals surface area (Å²) in [5.41, 5.74) is 1.90. The number of hydrogen-bond acceptors (Lipinski definition) is 3. The highest BCUT2D eigenvalue weighted by atomic mass is 32.1. The molecule has 1 aromatic carbocycles. The Morgan fingerprint density at radius 3 is 2.52 bits per heavy atom. The Balaban J connectivity index is 1.78. The molecule has 0 saturated heterocycles. The van der Waals surface area contributed by atoms with Crippen LogP contribution >= 0.6 is 11.3 Å². The van der Waals surface area contributed by atoms with Gasteiger partial charge in [0, 0.05) is 16.5 Å². The van der Waals surface area contributed by atoms with Crippen molar-refractivity contribution in [2.75, 3.05) is 0 Å². The van der Waals surface area contributed by atoms with Crippen LogP contribution in [0.4, 0.5) is 0 Å². The van der Waals surface area contributed by atoms with E-state index in [1.54, 1.807) is 18.2 Å². The van der Waals surface area contributed by atoms with Crippen molar-refractivity contribution < 1.29 is 9.59 Å². The van der Waals surface area contributed by atoms with Gasteiger partial charge in [-0.25, -0.2) is 0 Å². The zero-order valence-electron chi connectivity index (χ0n) is 12.8. The van der Waals surface area contributed by atoms with Crippen molar-refractivity contribution in [1.29, 1.82) is 0 Å². The van der Waals surface area contributed by atoms with Gasteiger partial charge in [0.1, 0.15) is 5.70 Å². The number of carbonyl (C=O) groups is 2. The van der Waals surface area contributed by atoms with E-state index in [1.807, 2.05) is 36.6 Å². The highest BCUT2D eigenvalue weighted by Crippen LogP contribution is 2.20. The molecule has 0 unspecified atom stereocenters. The molecule has 23 heavy (non-hydrogen) atoms. The van der Waals surface area contributed by atoms with Crippen molar-refractivity contribution >= 4 is 29.2 Å². The third-order valence-corrected chi connectivity index (χ3v) is 4.37. The maximum absolute atomic E-state index is 12.4. The van der Waals surface area contributed by atoms with Gasteiger partial charge < -0.3 is 10.6 Å². The van der Waals surface area contributed by atoms with E-state index in [2.05, 4.69) is 10.6 Å². The lowest BCUT2D eigenvalue weighted by Gasteiger charge is -2.10. The van der Waals surface area contributed by atoms with Gasteiger partial charge >= 0.3 is 0 Å². The Morgan fingerprint density at radius 2 is 1.91 bits per heavy atom. The monoisotopic (exact) mass is 326 g/mol. The Hall–Kier alpha value is -2.40. The molecular weight excluding hydrogens is 308 g/mol. The molecule has 118 valence electrons. The van der Waals surface area contributed by atoms with Crippen molar-refractivity contribution in [3.05, 3.63) is 63.5 Å². The molecule has 5 heteroatoms. The van der Waals surface area contributed by atoms with Gasteiger partial charge in [-0.1, -0.05) is 23.8 Å². The fourth-order valence-corrected chi connectivity index (χ4v) is 2.72. The van der Waals surface area contributed by atoms with Crippen LogP contribution in [0.25, 0.3) is 6.08 Å². The molecule has 0 aliphatic heterocycles. The highest BCUT2D eigenvalue weighted by molar-refractivity contribution is 7.10. The number of thiophene rings is 1. The molecule has 1 heterocycles. The molecule has 3 rings (SSSR count). The number of aryl methyl sites for hydroxylation is 1. The van der Waals surface area contributed by atoms with Crippen LogP contribution in [-0.2, 0) is 4.79 Å². The van der Waals surface area contributed by atoms with Crippen molar-refractivity contribution in [3.8, 4) is 0 Å². The molecule has 1 aromatic heterocycles. The van der Waals surface area contributed by atoms with Crippen LogP contribution in [0, 0.1) is 6.92 Å². The molecule has 2 N–H and O–H groups in total. The average Bonchev–Trinajstić information content (AvgIpc) is 3.20. The fraction of sp³-hybridized carbons (Fsp3) is 0.222. The normalized spacial score (nSPS) is 14.4. The second-order valence-electron chi connectivity index (χ2n) is 5.64. The van der Waals surface area contributed by atoms with Gasteiger partial charge in [0.2, 0.25) is 0 Å². The number of hydrogen-bond donors (Lipinski definition) is 2. The maximum atomic E-state index is 12.4. The van der Waals surface area contributed by atoms with E-state index in [-0.39, 0.29) is 23.6 Å². The summed E-state index contributed by atoms with van der Waals surface area (Å²) in [5, 5.41) is 7.59. The van der Waals surface area contributed by atoms with Gasteiger partial charge in [-0.15, -0.1) is 11.3 Å². The second-order valence-corrected chi connectivity index (χ2v) is 6.62. The minimum absolute atomic E-state index is 0.235. The summed E-state index contributed by atoms with van der Waals surface area (Å²) in [6.45, 7) is 1.97. The van der Waals surface area contributed by atoms with E-state index in [0.717, 1.165) is 23.3 Å². The van der Waals surface area contributed by atoms with Gasteiger partial charge in [0.05, 0.1) is 0 Å². The number of benzene rings is 1. The summed E-state index contributed by atoms with van der Waals surface area (Å²) >= 11 is 1.52. The molecule has 2 aromatic rings. The van der Waals surface area contributed by atoms with Crippen LogP contribution in [0.1, 0.15) is 33.6 Å². The lowest BCUT2D eigenvalue weighted by molar-refractivity contribution is -0.117. The van der Waals surface area contributed by atoms with Crippen molar-refractivity contribution in [2.24, 2.45) is 0 Å². The largest absolute Gasteiger partial charge is 0.348 e. The van der Waals surface area contributed by atoms with E-state index >= 15 is 0 Å². The Bertz CT molecular complexity index is 729. The van der Waals surface area contributed by atoms with Crippen LogP contribution in [-0.4, -0.2) is 17.9 Å². The number of nitrogens with one attached hydrogen (secondary N) is 2. The van der Waals surface area contributed by atoms with E-state index in [9.17, 15) is 9.59 Å². The zero-order valence-corrected chi connectivity index (χ0v) is 13.7. The molecule has 0 bridgehead atoms. The average molecular weight is 326 g/mol. The Labute approximate surface area is 139 Å². The first kappa shape index (κ1) is 15.5. The maximum Gasteiger partial charge on any atom is 0.268 e. The van der Waals surface area contributed by atoms with Gasteiger partial charge in [0.15, 0.2) is 0 Å². The molecule has 0 spiro atoms. The Kier molecular flexibility index (Phi) is 4.57. The van der Waals surface area contributed by atoms with Gasteiger partial charge in [0.25, 0.3) is 11.8 Å². The Morgan fingerprint density at radius 1 is 1.17 bits per heavy atom. The summed E-state index contributed by atoms with van der Waals surface area (Å²) in [5.74, 6) is -0.514. The number of rotatable bonds is 5. The lowest BCUT2D eigenvalue weighted by atomic mass is 10.1. The molecule has 4 nitrogen and oxygen atoms in total. The topological polar surface area (TPSA) is 58.2 Å². The van der Waals surface area contributed by atoms with Crippen LogP contribution in [0.15, 0.2) is 47.5 Å². The predicted octanol–water partition coefficient (Wildman–Crippen LogP) is 3.11. The minimum Gasteiger partial charge on any atom is -0.348 e. The minimum atomic E-state index is -0.279. The van der Waals surface area contributed by atoms with Crippen molar-refractivity contribution in [2.45, 2.75) is 25.8 Å². The van der Waals surface area contributed by atoms with Gasteiger partial charge in [-0.05, 0) is 49.4 Å². The summed E-state index contributed by atoms with van der Waals surface area (Å²) in [6.07, 6.45) is 3.72. The molecule has 1 aliphatic rings. The first-order chi connectivity index (χ1) is 11.1. The first-order valence-corrected chi connectivity index (χ1v) is 8.44. The van der Waals surface area contributed by atoms with E-state index in [1.165, 1.54) is 11.3 Å². The predicted molar refractivity (Wildman–Crippen MR) is 92.1 cm³/mol. The summed E-state index contributed by atoms with van der Waals surface area (Å²) in [6, 6.07) is 11.3. The van der Waals surface area contributed by atoms with Crippen molar-refractivity contribution in [1.82, 2.24) is 10.6 Å². The van der Waals surface area contributed by atoms with Gasteiger partial charge in [-0.2, -0.15) is 0 Å². The molecule has 2 amide bonds. The van der Waals surface area contributed by atoms with Crippen LogP contribution < -0.4 is 10.6 Å². The highest BCUT2D eigenvalue weighted by Gasteiger charge is 2.25. The SMILES string of the molecule is Cc1ccc(C(=O)N/C(=C\c2cccs2)C(=O)NC2CC2)cc1. The van der Waals surface area contributed by atoms with Crippen molar-refractivity contribution in [3.63, 3.8) is 0 Å². The van der Waals surface area contributed by atoms with E-state index < -0.39 is 0 Å². The van der Waals surface area contributed by atoms with E-state index in [0.29, 0.717) is 5.56 Å². The molecule has 0 radical (unpaired) electrons. The molecule has 1 fully saturated rings. The summed E-state index contributed by atoms with van der Waals surface area (Å²) < 4.78 is 0. The molecular formula is C18H18N2O2S. The fourth-order valence-electron chi connectivity index (χ4n) is 2.06. The molecule has 1 saturated carbocycles. The first-order valence-electron chi connectivity index (χ1n) is 7.56. The standard InChI is InChI=1S/C18H18N2O2S/c1-12-4-6-13(7-5-12)17(21)20-16(11-15-3-2-10-23-15)18(22)19-14-8-9-14/h2-7,10-11,14H,8-9H2,1H3,(H,19,22)(H,20,21)/b16-11-. The molecule has 0 atom stereocenters. The van der Waals surface area contributed by atoms with Crippen LogP contribution in [0.3, 0.4) is 0 Å².